The first-order valence-electron chi connectivity index (χ1n) is 6.55. The second kappa shape index (κ2) is 5.27. The molecule has 0 radical (unpaired) electrons. The van der Waals surface area contributed by atoms with Crippen LogP contribution in [0.5, 0.6) is 0 Å². The number of aliphatic carboxylic acids is 1. The summed E-state index contributed by atoms with van der Waals surface area (Å²) in [6.45, 7) is 1.60. The van der Waals surface area contributed by atoms with Crippen molar-refractivity contribution in [1.82, 2.24) is 9.88 Å². The van der Waals surface area contributed by atoms with Gasteiger partial charge in [-0.2, -0.15) is 0 Å². The third kappa shape index (κ3) is 2.62. The van der Waals surface area contributed by atoms with Crippen molar-refractivity contribution >= 4 is 27.5 Å². The summed E-state index contributed by atoms with van der Waals surface area (Å²) in [6.07, 6.45) is 2.42. The molecule has 2 aromatic rings. The van der Waals surface area contributed by atoms with Crippen molar-refractivity contribution in [1.29, 1.82) is 0 Å². The molecule has 2 heterocycles. The molecule has 0 aliphatic carbocycles. The van der Waals surface area contributed by atoms with Crippen LogP contribution >= 0.6 is 11.3 Å². The van der Waals surface area contributed by atoms with E-state index in [1.54, 1.807) is 11.3 Å². The van der Waals surface area contributed by atoms with Crippen LogP contribution in [0.3, 0.4) is 0 Å². The summed E-state index contributed by atoms with van der Waals surface area (Å²) < 4.78 is 1.21. The number of fused-ring (bicyclic) bond motifs is 1. The van der Waals surface area contributed by atoms with Gasteiger partial charge in [0.05, 0.1) is 22.7 Å². The van der Waals surface area contributed by atoms with Gasteiger partial charge in [-0.3, -0.25) is 9.69 Å². The van der Waals surface area contributed by atoms with Crippen molar-refractivity contribution in [3.8, 4) is 0 Å². The third-order valence-electron chi connectivity index (χ3n) is 3.57. The highest BCUT2D eigenvalue weighted by Gasteiger charge is 2.28. The van der Waals surface area contributed by atoms with Gasteiger partial charge in [0, 0.05) is 6.54 Å². The quantitative estimate of drug-likeness (QED) is 0.933. The number of likely N-dealkylation sites (tertiary alicyclic amines) is 1. The number of para-hydroxylation sites is 1. The molecule has 5 heteroatoms. The van der Waals surface area contributed by atoms with Gasteiger partial charge < -0.3 is 5.11 Å². The van der Waals surface area contributed by atoms with Crippen molar-refractivity contribution in [2.45, 2.75) is 25.3 Å². The largest absolute Gasteiger partial charge is 0.481 e. The summed E-state index contributed by atoms with van der Waals surface area (Å²) in [5, 5.41) is 9.93. The minimum Gasteiger partial charge on any atom is -0.481 e. The van der Waals surface area contributed by atoms with E-state index in [2.05, 4.69) is 11.0 Å². The molecule has 100 valence electrons. The van der Waals surface area contributed by atoms with E-state index in [-0.39, 0.29) is 6.42 Å². The molecule has 1 atom stereocenters. The Labute approximate surface area is 115 Å². The van der Waals surface area contributed by atoms with Gasteiger partial charge in [0.2, 0.25) is 0 Å². The molecule has 0 saturated carbocycles. The highest BCUT2D eigenvalue weighted by molar-refractivity contribution is 7.18. The van der Waals surface area contributed by atoms with Crippen molar-refractivity contribution in [2.75, 3.05) is 13.1 Å². The first-order valence-corrected chi connectivity index (χ1v) is 7.37. The SMILES string of the molecule is O=C(O)CCN1CCC[C@H]1c1nc2ccccc2s1. The number of hydrogen-bond acceptors (Lipinski definition) is 4. The number of carbonyl (C=O) groups is 1. The summed E-state index contributed by atoms with van der Waals surface area (Å²) in [6, 6.07) is 8.46. The fraction of sp³-hybridized carbons (Fsp3) is 0.429. The predicted molar refractivity (Wildman–Crippen MR) is 75.4 cm³/mol. The molecular formula is C14H16N2O2S. The number of carboxylic acids is 1. The molecule has 1 aliphatic heterocycles. The summed E-state index contributed by atoms with van der Waals surface area (Å²) in [4.78, 5) is 17.7. The van der Waals surface area contributed by atoms with Crippen LogP contribution in [0.1, 0.15) is 30.3 Å². The summed E-state index contributed by atoms with van der Waals surface area (Å²) in [7, 11) is 0. The van der Waals surface area contributed by atoms with Gasteiger partial charge in [-0.15, -0.1) is 11.3 Å². The monoisotopic (exact) mass is 276 g/mol. The first kappa shape index (κ1) is 12.6. The second-order valence-electron chi connectivity index (χ2n) is 4.86. The number of benzene rings is 1. The van der Waals surface area contributed by atoms with Crippen LogP contribution < -0.4 is 0 Å². The van der Waals surface area contributed by atoms with Gasteiger partial charge in [0.15, 0.2) is 0 Å². The Hall–Kier alpha value is -1.46. The molecule has 4 nitrogen and oxygen atoms in total. The van der Waals surface area contributed by atoms with Crippen LogP contribution in [-0.4, -0.2) is 34.0 Å². The number of aromatic nitrogens is 1. The number of thiazole rings is 1. The van der Waals surface area contributed by atoms with Crippen molar-refractivity contribution in [2.24, 2.45) is 0 Å². The Balaban J connectivity index is 1.81. The van der Waals surface area contributed by atoms with Gasteiger partial charge in [-0.25, -0.2) is 4.98 Å². The van der Waals surface area contributed by atoms with E-state index < -0.39 is 5.97 Å². The van der Waals surface area contributed by atoms with E-state index in [1.165, 1.54) is 4.70 Å². The fourth-order valence-corrected chi connectivity index (χ4v) is 3.78. The van der Waals surface area contributed by atoms with Crippen LogP contribution in [0.15, 0.2) is 24.3 Å². The van der Waals surface area contributed by atoms with Crippen LogP contribution in [-0.2, 0) is 4.79 Å². The first-order chi connectivity index (χ1) is 9.24. The summed E-state index contributed by atoms with van der Waals surface area (Å²) in [5.74, 6) is -0.727. The predicted octanol–water partition coefficient (Wildman–Crippen LogP) is 2.91. The normalized spacial score (nSPS) is 20.1. The molecule has 3 rings (SSSR count). The molecule has 1 N–H and O–H groups in total. The van der Waals surface area contributed by atoms with E-state index in [0.717, 1.165) is 29.9 Å². The van der Waals surface area contributed by atoms with Crippen LogP contribution in [0.4, 0.5) is 0 Å². The van der Waals surface area contributed by atoms with Gasteiger partial charge in [-0.1, -0.05) is 12.1 Å². The lowest BCUT2D eigenvalue weighted by atomic mass is 10.2. The molecule has 0 bridgehead atoms. The molecule has 0 spiro atoms. The molecule has 1 aliphatic rings. The molecule has 1 aromatic carbocycles. The molecular weight excluding hydrogens is 260 g/mol. The van der Waals surface area contributed by atoms with E-state index in [4.69, 9.17) is 10.1 Å². The average molecular weight is 276 g/mol. The van der Waals surface area contributed by atoms with Crippen LogP contribution in [0, 0.1) is 0 Å². The van der Waals surface area contributed by atoms with E-state index >= 15 is 0 Å². The lowest BCUT2D eigenvalue weighted by Crippen LogP contribution is -2.25. The van der Waals surface area contributed by atoms with E-state index in [0.29, 0.717) is 12.6 Å². The van der Waals surface area contributed by atoms with E-state index in [9.17, 15) is 4.79 Å². The van der Waals surface area contributed by atoms with Gasteiger partial charge >= 0.3 is 5.97 Å². The van der Waals surface area contributed by atoms with Crippen molar-refractivity contribution in [3.05, 3.63) is 29.3 Å². The average Bonchev–Trinajstić information content (AvgIpc) is 3.02. The fourth-order valence-electron chi connectivity index (χ4n) is 2.65. The summed E-state index contributed by atoms with van der Waals surface area (Å²) >= 11 is 1.73. The highest BCUT2D eigenvalue weighted by atomic mass is 32.1. The topological polar surface area (TPSA) is 53.4 Å². The standard InChI is InChI=1S/C14H16N2O2S/c17-13(18)7-9-16-8-3-5-11(16)14-15-10-4-1-2-6-12(10)19-14/h1-2,4,6,11H,3,5,7-9H2,(H,17,18)/t11-/m0/s1. The molecule has 1 aromatic heterocycles. The number of nitrogens with zero attached hydrogens (tertiary/aromatic N) is 2. The Kier molecular flexibility index (Phi) is 3.48. The number of hydrogen-bond donors (Lipinski definition) is 1. The molecule has 1 saturated heterocycles. The number of rotatable bonds is 4. The lowest BCUT2D eigenvalue weighted by molar-refractivity contribution is -0.137. The molecule has 1 fully saturated rings. The van der Waals surface area contributed by atoms with Crippen molar-refractivity contribution < 1.29 is 9.90 Å². The second-order valence-corrected chi connectivity index (χ2v) is 5.92. The zero-order valence-electron chi connectivity index (χ0n) is 10.6. The van der Waals surface area contributed by atoms with Crippen molar-refractivity contribution in [3.63, 3.8) is 0 Å². The van der Waals surface area contributed by atoms with Crippen LogP contribution in [0.25, 0.3) is 10.2 Å². The Morgan fingerprint density at radius 3 is 3.11 bits per heavy atom. The maximum Gasteiger partial charge on any atom is 0.304 e. The molecule has 19 heavy (non-hydrogen) atoms. The van der Waals surface area contributed by atoms with Gasteiger partial charge in [0.25, 0.3) is 0 Å². The maximum atomic E-state index is 10.7. The highest BCUT2D eigenvalue weighted by Crippen LogP contribution is 2.36. The lowest BCUT2D eigenvalue weighted by Gasteiger charge is -2.21. The summed E-state index contributed by atoms with van der Waals surface area (Å²) in [5.41, 5.74) is 1.05. The third-order valence-corrected chi connectivity index (χ3v) is 4.71. The smallest absolute Gasteiger partial charge is 0.304 e. The molecule has 0 amide bonds. The molecule has 0 unspecified atom stereocenters. The minimum atomic E-state index is -0.727. The zero-order valence-corrected chi connectivity index (χ0v) is 11.4. The maximum absolute atomic E-state index is 10.7. The Bertz CT molecular complexity index is 563. The van der Waals surface area contributed by atoms with Crippen LogP contribution in [0.2, 0.25) is 0 Å². The van der Waals surface area contributed by atoms with Gasteiger partial charge in [-0.05, 0) is 31.5 Å². The Morgan fingerprint density at radius 2 is 2.32 bits per heavy atom. The minimum absolute atomic E-state index is 0.210. The number of carboxylic acid groups (broad SMARTS) is 1. The van der Waals surface area contributed by atoms with Gasteiger partial charge in [0.1, 0.15) is 5.01 Å². The Morgan fingerprint density at radius 1 is 1.47 bits per heavy atom. The zero-order chi connectivity index (χ0) is 13.2. The van der Waals surface area contributed by atoms with E-state index in [1.807, 2.05) is 18.2 Å².